The SMILES string of the molecule is CC(NCc1ccc(OCC#N)cc1)c1cccc(Cl)c1. The van der Waals surface area contributed by atoms with Gasteiger partial charge in [0.15, 0.2) is 6.61 Å². The van der Waals surface area contributed by atoms with Crippen LogP contribution in [0.1, 0.15) is 24.1 Å². The third kappa shape index (κ3) is 4.78. The van der Waals surface area contributed by atoms with Crippen molar-refractivity contribution in [1.29, 1.82) is 5.26 Å². The van der Waals surface area contributed by atoms with E-state index >= 15 is 0 Å². The standard InChI is InChI=1S/C17H17ClN2O/c1-13(15-3-2-4-16(18)11-15)20-12-14-5-7-17(8-6-14)21-10-9-19/h2-8,11,13,20H,10,12H2,1H3. The van der Waals surface area contributed by atoms with Crippen molar-refractivity contribution >= 4 is 11.6 Å². The Kier molecular flexibility index (Phi) is 5.62. The molecule has 0 saturated heterocycles. The maximum atomic E-state index is 8.46. The monoisotopic (exact) mass is 300 g/mol. The van der Waals surface area contributed by atoms with Gasteiger partial charge in [-0.05, 0) is 42.3 Å². The van der Waals surface area contributed by atoms with Crippen LogP contribution in [0.25, 0.3) is 0 Å². The molecule has 0 fully saturated rings. The molecule has 4 heteroatoms. The number of hydrogen-bond donors (Lipinski definition) is 1. The van der Waals surface area contributed by atoms with Crippen molar-refractivity contribution < 1.29 is 4.74 Å². The van der Waals surface area contributed by atoms with E-state index < -0.39 is 0 Å². The van der Waals surface area contributed by atoms with Gasteiger partial charge < -0.3 is 10.1 Å². The molecule has 2 aromatic rings. The third-order valence-electron chi connectivity index (χ3n) is 3.19. The molecular formula is C17H17ClN2O. The molecule has 21 heavy (non-hydrogen) atoms. The molecule has 0 amide bonds. The van der Waals surface area contributed by atoms with E-state index in [1.807, 2.05) is 48.5 Å². The summed E-state index contributed by atoms with van der Waals surface area (Å²) in [6.45, 7) is 2.94. The van der Waals surface area contributed by atoms with Gasteiger partial charge >= 0.3 is 0 Å². The lowest BCUT2D eigenvalue weighted by Crippen LogP contribution is -2.17. The average molecular weight is 301 g/mol. The summed E-state index contributed by atoms with van der Waals surface area (Å²) in [5.41, 5.74) is 2.32. The van der Waals surface area contributed by atoms with Crippen molar-refractivity contribution in [3.8, 4) is 11.8 Å². The van der Waals surface area contributed by atoms with E-state index in [0.717, 1.165) is 22.7 Å². The van der Waals surface area contributed by atoms with Crippen LogP contribution in [0.3, 0.4) is 0 Å². The molecule has 0 aliphatic carbocycles. The summed E-state index contributed by atoms with van der Waals surface area (Å²) >= 11 is 6.00. The number of halogens is 1. The number of nitrogens with zero attached hydrogens (tertiary/aromatic N) is 1. The summed E-state index contributed by atoms with van der Waals surface area (Å²) in [6, 6.07) is 17.8. The predicted octanol–water partition coefficient (Wildman–Crippen LogP) is 4.09. The van der Waals surface area contributed by atoms with E-state index in [0.29, 0.717) is 5.75 Å². The summed E-state index contributed by atoms with van der Waals surface area (Å²) in [7, 11) is 0. The summed E-state index contributed by atoms with van der Waals surface area (Å²) < 4.78 is 5.22. The van der Waals surface area contributed by atoms with Gasteiger partial charge in [-0.15, -0.1) is 0 Å². The Morgan fingerprint density at radius 2 is 2.00 bits per heavy atom. The molecular weight excluding hydrogens is 284 g/mol. The molecule has 1 atom stereocenters. The molecule has 2 rings (SSSR count). The van der Waals surface area contributed by atoms with Crippen molar-refractivity contribution in [1.82, 2.24) is 5.32 Å². The zero-order valence-electron chi connectivity index (χ0n) is 11.8. The van der Waals surface area contributed by atoms with E-state index in [1.165, 1.54) is 0 Å². The third-order valence-corrected chi connectivity index (χ3v) is 3.42. The zero-order chi connectivity index (χ0) is 15.1. The van der Waals surface area contributed by atoms with E-state index in [4.69, 9.17) is 21.6 Å². The Balaban J connectivity index is 1.89. The van der Waals surface area contributed by atoms with Crippen LogP contribution in [0, 0.1) is 11.3 Å². The number of benzene rings is 2. The second kappa shape index (κ2) is 7.68. The molecule has 108 valence electrons. The first-order chi connectivity index (χ1) is 10.2. The van der Waals surface area contributed by atoms with Crippen LogP contribution < -0.4 is 10.1 Å². The average Bonchev–Trinajstić information content (AvgIpc) is 2.51. The van der Waals surface area contributed by atoms with Gasteiger partial charge in [-0.1, -0.05) is 35.9 Å². The molecule has 2 aromatic carbocycles. The molecule has 0 aliphatic heterocycles. The minimum atomic E-state index is 0.0728. The molecule has 3 nitrogen and oxygen atoms in total. The maximum Gasteiger partial charge on any atom is 0.174 e. The molecule has 0 heterocycles. The quantitative estimate of drug-likeness (QED) is 0.874. The fraction of sp³-hybridized carbons (Fsp3) is 0.235. The lowest BCUT2D eigenvalue weighted by atomic mass is 10.1. The van der Waals surface area contributed by atoms with Crippen LogP contribution in [0.15, 0.2) is 48.5 Å². The Bertz CT molecular complexity index is 619. The molecule has 0 radical (unpaired) electrons. The first kappa shape index (κ1) is 15.4. The van der Waals surface area contributed by atoms with Crippen LogP contribution in [0.2, 0.25) is 5.02 Å². The van der Waals surface area contributed by atoms with Gasteiger partial charge in [0.1, 0.15) is 11.8 Å². The molecule has 1 N–H and O–H groups in total. The van der Waals surface area contributed by atoms with Crippen molar-refractivity contribution in [3.63, 3.8) is 0 Å². The number of nitriles is 1. The Hall–Kier alpha value is -2.02. The lowest BCUT2D eigenvalue weighted by Gasteiger charge is -2.14. The summed E-state index contributed by atoms with van der Waals surface area (Å²) in [4.78, 5) is 0. The highest BCUT2D eigenvalue weighted by atomic mass is 35.5. The largest absolute Gasteiger partial charge is 0.479 e. The van der Waals surface area contributed by atoms with Crippen LogP contribution in [0.4, 0.5) is 0 Å². The second-order valence-electron chi connectivity index (χ2n) is 4.75. The first-order valence-corrected chi connectivity index (χ1v) is 7.14. The van der Waals surface area contributed by atoms with Gasteiger partial charge in [0.2, 0.25) is 0 Å². The summed E-state index contributed by atoms with van der Waals surface area (Å²) in [5, 5.41) is 12.7. The summed E-state index contributed by atoms with van der Waals surface area (Å²) in [6.07, 6.45) is 0. The second-order valence-corrected chi connectivity index (χ2v) is 5.18. The van der Waals surface area contributed by atoms with E-state index in [9.17, 15) is 0 Å². The van der Waals surface area contributed by atoms with Crippen LogP contribution in [0.5, 0.6) is 5.75 Å². The van der Waals surface area contributed by atoms with E-state index in [1.54, 1.807) is 0 Å². The van der Waals surface area contributed by atoms with E-state index in [2.05, 4.69) is 18.3 Å². The first-order valence-electron chi connectivity index (χ1n) is 6.76. The number of nitrogens with one attached hydrogen (secondary N) is 1. The maximum absolute atomic E-state index is 8.46. The van der Waals surface area contributed by atoms with Gasteiger partial charge in [0.25, 0.3) is 0 Å². The van der Waals surface area contributed by atoms with Crippen molar-refractivity contribution in [3.05, 3.63) is 64.7 Å². The highest BCUT2D eigenvalue weighted by Crippen LogP contribution is 2.18. The van der Waals surface area contributed by atoms with Gasteiger partial charge in [-0.3, -0.25) is 0 Å². The van der Waals surface area contributed by atoms with Crippen molar-refractivity contribution in [2.24, 2.45) is 0 Å². The number of rotatable bonds is 6. The van der Waals surface area contributed by atoms with Crippen LogP contribution in [-0.4, -0.2) is 6.61 Å². The molecule has 0 aliphatic rings. The Morgan fingerprint density at radius 1 is 1.24 bits per heavy atom. The number of ether oxygens (including phenoxy) is 1. The molecule has 0 saturated carbocycles. The van der Waals surface area contributed by atoms with Crippen LogP contribution >= 0.6 is 11.6 Å². The highest BCUT2D eigenvalue weighted by Gasteiger charge is 2.05. The number of hydrogen-bond acceptors (Lipinski definition) is 3. The molecule has 0 spiro atoms. The van der Waals surface area contributed by atoms with Gasteiger partial charge in [-0.2, -0.15) is 5.26 Å². The Morgan fingerprint density at radius 3 is 2.67 bits per heavy atom. The fourth-order valence-corrected chi connectivity index (χ4v) is 2.18. The highest BCUT2D eigenvalue weighted by molar-refractivity contribution is 6.30. The fourth-order valence-electron chi connectivity index (χ4n) is 1.98. The van der Waals surface area contributed by atoms with Gasteiger partial charge in [-0.25, -0.2) is 0 Å². The molecule has 1 unspecified atom stereocenters. The lowest BCUT2D eigenvalue weighted by molar-refractivity contribution is 0.368. The van der Waals surface area contributed by atoms with Gasteiger partial charge in [0, 0.05) is 17.6 Å². The minimum absolute atomic E-state index is 0.0728. The molecule has 0 bridgehead atoms. The normalized spacial score (nSPS) is 11.7. The summed E-state index contributed by atoms with van der Waals surface area (Å²) in [5.74, 6) is 0.711. The van der Waals surface area contributed by atoms with E-state index in [-0.39, 0.29) is 12.6 Å². The van der Waals surface area contributed by atoms with Crippen LogP contribution in [-0.2, 0) is 6.54 Å². The predicted molar refractivity (Wildman–Crippen MR) is 84.3 cm³/mol. The van der Waals surface area contributed by atoms with Crippen molar-refractivity contribution in [2.45, 2.75) is 19.5 Å². The minimum Gasteiger partial charge on any atom is -0.479 e. The Labute approximate surface area is 130 Å². The van der Waals surface area contributed by atoms with Crippen molar-refractivity contribution in [2.75, 3.05) is 6.61 Å². The zero-order valence-corrected chi connectivity index (χ0v) is 12.6. The van der Waals surface area contributed by atoms with Gasteiger partial charge in [0.05, 0.1) is 0 Å². The molecule has 0 aromatic heterocycles. The topological polar surface area (TPSA) is 45.0 Å². The smallest absolute Gasteiger partial charge is 0.174 e.